The molecule has 1 aliphatic heterocycles. The second-order valence-corrected chi connectivity index (χ2v) is 7.63. The molecule has 1 aromatic carbocycles. The number of benzene rings is 1. The molecule has 0 N–H and O–H groups in total. The molecule has 0 saturated carbocycles. The normalized spacial score (nSPS) is 14.2. The quantitative estimate of drug-likeness (QED) is 0.624. The van der Waals surface area contributed by atoms with E-state index in [-0.39, 0.29) is 10.9 Å². The van der Waals surface area contributed by atoms with E-state index in [9.17, 15) is 9.18 Å². The molecule has 0 radical (unpaired) electrons. The summed E-state index contributed by atoms with van der Waals surface area (Å²) in [4.78, 5) is 29.7. The third-order valence-corrected chi connectivity index (χ3v) is 5.44. The number of hydrogen-bond donors (Lipinski definition) is 0. The van der Waals surface area contributed by atoms with E-state index >= 15 is 0 Å². The molecule has 0 atom stereocenters. The molecule has 1 amide bonds. The lowest BCUT2D eigenvalue weighted by atomic mass is 10.1. The molecule has 3 aromatic rings. The van der Waals surface area contributed by atoms with Crippen LogP contribution in [-0.2, 0) is 11.2 Å². The lowest BCUT2D eigenvalue weighted by molar-refractivity contribution is -0.131. The lowest BCUT2D eigenvalue weighted by Gasteiger charge is -2.35. The Morgan fingerprint density at radius 2 is 1.90 bits per heavy atom. The van der Waals surface area contributed by atoms with E-state index in [1.54, 1.807) is 24.7 Å². The van der Waals surface area contributed by atoms with Crippen molar-refractivity contribution in [3.05, 3.63) is 65.2 Å². The van der Waals surface area contributed by atoms with Crippen molar-refractivity contribution in [1.82, 2.24) is 24.4 Å². The van der Waals surface area contributed by atoms with Crippen molar-refractivity contribution in [2.24, 2.45) is 0 Å². The predicted molar refractivity (Wildman–Crippen MR) is 112 cm³/mol. The van der Waals surface area contributed by atoms with Crippen LogP contribution in [0, 0.1) is 12.7 Å². The van der Waals surface area contributed by atoms with Gasteiger partial charge in [-0.15, -0.1) is 0 Å². The van der Waals surface area contributed by atoms with E-state index < -0.39 is 5.82 Å². The lowest BCUT2D eigenvalue weighted by Crippen LogP contribution is -2.49. The summed E-state index contributed by atoms with van der Waals surface area (Å²) in [6, 6.07) is 6.52. The average molecular weight is 429 g/mol. The molecule has 9 heteroatoms. The number of amides is 1. The predicted octanol–water partition coefficient (Wildman–Crippen LogP) is 3.04. The molecule has 0 aliphatic carbocycles. The monoisotopic (exact) mass is 428 g/mol. The van der Waals surface area contributed by atoms with Gasteiger partial charge in [0.05, 0.1) is 5.02 Å². The molecular formula is C21H22ClFN6O. The first-order valence-electron chi connectivity index (χ1n) is 9.80. The number of carbonyl (C=O) groups excluding carboxylic acids is 1. The molecule has 7 nitrogen and oxygen atoms in total. The van der Waals surface area contributed by atoms with E-state index in [0.29, 0.717) is 44.8 Å². The van der Waals surface area contributed by atoms with Crippen LogP contribution in [0.2, 0.25) is 5.02 Å². The Morgan fingerprint density at radius 3 is 2.60 bits per heavy atom. The Bertz CT molecular complexity index is 1030. The topological polar surface area (TPSA) is 67.2 Å². The summed E-state index contributed by atoms with van der Waals surface area (Å²) in [5.41, 5.74) is 0.858. The van der Waals surface area contributed by atoms with E-state index in [4.69, 9.17) is 11.6 Å². The third-order valence-electron chi connectivity index (χ3n) is 5.15. The van der Waals surface area contributed by atoms with Crippen molar-refractivity contribution in [3.8, 4) is 5.82 Å². The molecule has 0 unspecified atom stereocenters. The molecule has 1 aliphatic rings. The zero-order chi connectivity index (χ0) is 21.1. The van der Waals surface area contributed by atoms with Gasteiger partial charge in [0.2, 0.25) is 5.91 Å². The van der Waals surface area contributed by atoms with Gasteiger partial charge in [0.15, 0.2) is 0 Å². The summed E-state index contributed by atoms with van der Waals surface area (Å²) in [5, 5.41) is 0.0868. The number of nitrogens with zero attached hydrogens (tertiary/aromatic N) is 6. The number of aryl methyl sites for hydroxylation is 2. The smallest absolute Gasteiger partial charge is 0.223 e. The molecule has 0 bridgehead atoms. The number of halogens is 2. The largest absolute Gasteiger partial charge is 0.353 e. The molecule has 1 saturated heterocycles. The maximum Gasteiger partial charge on any atom is 0.223 e. The van der Waals surface area contributed by atoms with Crippen LogP contribution in [-0.4, -0.2) is 56.5 Å². The molecule has 1 fully saturated rings. The van der Waals surface area contributed by atoms with Crippen molar-refractivity contribution >= 4 is 23.3 Å². The average Bonchev–Trinajstić information content (AvgIpc) is 3.29. The van der Waals surface area contributed by atoms with Gasteiger partial charge in [0, 0.05) is 51.1 Å². The third kappa shape index (κ3) is 4.59. The second kappa shape index (κ2) is 8.79. The summed E-state index contributed by atoms with van der Waals surface area (Å²) in [5.74, 6) is 1.95. The van der Waals surface area contributed by atoms with Crippen LogP contribution in [0.3, 0.4) is 0 Å². The summed E-state index contributed by atoms with van der Waals surface area (Å²) >= 11 is 5.82. The first-order chi connectivity index (χ1) is 14.5. The molecule has 0 spiro atoms. The summed E-state index contributed by atoms with van der Waals surface area (Å²) in [6.07, 6.45) is 6.17. The minimum absolute atomic E-state index is 0.0868. The maximum atomic E-state index is 13.3. The van der Waals surface area contributed by atoms with Crippen LogP contribution in [0.15, 0.2) is 43.0 Å². The first kappa shape index (κ1) is 20.3. The number of imidazole rings is 1. The highest BCUT2D eigenvalue weighted by molar-refractivity contribution is 6.30. The highest BCUT2D eigenvalue weighted by atomic mass is 35.5. The van der Waals surface area contributed by atoms with Gasteiger partial charge in [0.25, 0.3) is 0 Å². The maximum absolute atomic E-state index is 13.3. The van der Waals surface area contributed by atoms with Crippen LogP contribution in [0.25, 0.3) is 5.82 Å². The minimum atomic E-state index is -0.445. The Kier molecular flexibility index (Phi) is 5.94. The zero-order valence-electron chi connectivity index (χ0n) is 16.6. The highest BCUT2D eigenvalue weighted by Gasteiger charge is 2.22. The number of aromatic nitrogens is 4. The zero-order valence-corrected chi connectivity index (χ0v) is 17.4. The standard InChI is InChI=1S/C21H22ClFN6O/c1-15-25-19(13-20(26-15)29-7-6-24-14-29)27-8-10-28(11-9-27)21(30)5-3-16-2-4-18(23)17(22)12-16/h2,4,6-7,12-14H,3,5,8-11H2,1H3. The van der Waals surface area contributed by atoms with Crippen LogP contribution in [0.5, 0.6) is 0 Å². The van der Waals surface area contributed by atoms with Crippen molar-refractivity contribution in [3.63, 3.8) is 0 Å². The van der Waals surface area contributed by atoms with Crippen molar-refractivity contribution < 1.29 is 9.18 Å². The van der Waals surface area contributed by atoms with Gasteiger partial charge in [-0.05, 0) is 31.0 Å². The number of carbonyl (C=O) groups is 1. The van der Waals surface area contributed by atoms with Gasteiger partial charge in [-0.25, -0.2) is 19.3 Å². The second-order valence-electron chi connectivity index (χ2n) is 7.22. The number of hydrogen-bond acceptors (Lipinski definition) is 5. The van der Waals surface area contributed by atoms with E-state index in [0.717, 1.165) is 17.2 Å². The van der Waals surface area contributed by atoms with Crippen LogP contribution in [0.4, 0.5) is 10.2 Å². The van der Waals surface area contributed by atoms with Gasteiger partial charge in [0.1, 0.15) is 29.6 Å². The SMILES string of the molecule is Cc1nc(N2CCN(C(=O)CCc3ccc(F)c(Cl)c3)CC2)cc(-n2ccnc2)n1. The Labute approximate surface area is 179 Å². The summed E-state index contributed by atoms with van der Waals surface area (Å²) in [6.45, 7) is 4.53. The van der Waals surface area contributed by atoms with Gasteiger partial charge >= 0.3 is 0 Å². The number of anilines is 1. The van der Waals surface area contributed by atoms with Gasteiger partial charge in [-0.2, -0.15) is 0 Å². The van der Waals surface area contributed by atoms with Gasteiger partial charge in [-0.1, -0.05) is 17.7 Å². The van der Waals surface area contributed by atoms with Crippen LogP contribution in [0.1, 0.15) is 17.8 Å². The van der Waals surface area contributed by atoms with E-state index in [1.807, 2.05) is 28.7 Å². The minimum Gasteiger partial charge on any atom is -0.353 e. The molecular weight excluding hydrogens is 407 g/mol. The van der Waals surface area contributed by atoms with Gasteiger partial charge < -0.3 is 9.80 Å². The fourth-order valence-corrected chi connectivity index (χ4v) is 3.72. The summed E-state index contributed by atoms with van der Waals surface area (Å²) in [7, 11) is 0. The molecule has 156 valence electrons. The van der Waals surface area contributed by atoms with Crippen LogP contribution >= 0.6 is 11.6 Å². The van der Waals surface area contributed by atoms with Gasteiger partial charge in [-0.3, -0.25) is 9.36 Å². The molecule has 4 rings (SSSR count). The number of rotatable bonds is 5. The van der Waals surface area contributed by atoms with Crippen molar-refractivity contribution in [1.29, 1.82) is 0 Å². The fraction of sp³-hybridized carbons (Fsp3) is 0.333. The Balaban J connectivity index is 1.34. The Hall–Kier alpha value is -3.00. The first-order valence-corrected chi connectivity index (χ1v) is 10.2. The van der Waals surface area contributed by atoms with Crippen molar-refractivity contribution in [2.75, 3.05) is 31.1 Å². The highest BCUT2D eigenvalue weighted by Crippen LogP contribution is 2.19. The van der Waals surface area contributed by atoms with E-state index in [1.165, 1.54) is 6.07 Å². The van der Waals surface area contributed by atoms with Crippen molar-refractivity contribution in [2.45, 2.75) is 19.8 Å². The van der Waals surface area contributed by atoms with E-state index in [2.05, 4.69) is 19.9 Å². The molecule has 3 heterocycles. The molecule has 2 aromatic heterocycles. The Morgan fingerprint density at radius 1 is 1.13 bits per heavy atom. The fourth-order valence-electron chi connectivity index (χ4n) is 3.51. The summed E-state index contributed by atoms with van der Waals surface area (Å²) < 4.78 is 15.1. The number of piperazine rings is 1. The van der Waals surface area contributed by atoms with Crippen LogP contribution < -0.4 is 4.90 Å². The molecule has 30 heavy (non-hydrogen) atoms.